The fourth-order valence-electron chi connectivity index (χ4n) is 0.811. The summed E-state index contributed by atoms with van der Waals surface area (Å²) in [5.74, 6) is 0.598. The first-order valence-corrected chi connectivity index (χ1v) is 4.42. The van der Waals surface area contributed by atoms with Crippen LogP contribution in [0.5, 0.6) is 0 Å². The van der Waals surface area contributed by atoms with Gasteiger partial charge in [0, 0.05) is 28.4 Å². The molecule has 2 rings (SSSR count). The summed E-state index contributed by atoms with van der Waals surface area (Å²) in [5.41, 5.74) is 0. The van der Waals surface area contributed by atoms with Gasteiger partial charge in [-0.3, -0.25) is 0 Å². The van der Waals surface area contributed by atoms with Crippen LogP contribution in [0.15, 0.2) is 30.9 Å². The summed E-state index contributed by atoms with van der Waals surface area (Å²) in [7, 11) is 0. The second-order valence-corrected chi connectivity index (χ2v) is 3.40. The highest BCUT2D eigenvalue weighted by molar-refractivity contribution is 14.1. The Morgan fingerprint density at radius 2 is 2.00 bits per heavy atom. The smallest absolute Gasteiger partial charge is 0.219 e. The number of hydrogen-bond acceptors (Lipinski definition) is 3. The van der Waals surface area contributed by atoms with E-state index in [0.717, 1.165) is 3.57 Å². The average molecular weight is 272 g/mol. The minimum Gasteiger partial charge on any atom is -0.219 e. The summed E-state index contributed by atoms with van der Waals surface area (Å²) in [4.78, 5) is 8.21. The lowest BCUT2D eigenvalue weighted by atomic mass is 10.7. The summed E-state index contributed by atoms with van der Waals surface area (Å²) in [6.07, 6.45) is 7.01. The molecule has 0 radical (unpaired) electrons. The van der Waals surface area contributed by atoms with Crippen LogP contribution in [-0.4, -0.2) is 19.7 Å². The summed E-state index contributed by atoms with van der Waals surface area (Å²) < 4.78 is 2.64. The molecule has 0 bridgehead atoms. The normalized spacial score (nSPS) is 10.1. The van der Waals surface area contributed by atoms with Gasteiger partial charge in [-0.05, 0) is 28.7 Å². The van der Waals surface area contributed by atoms with Crippen LogP contribution in [0.25, 0.3) is 5.95 Å². The molecule has 0 amide bonds. The molecule has 0 saturated heterocycles. The van der Waals surface area contributed by atoms with Gasteiger partial charge in [-0.1, -0.05) is 0 Å². The fraction of sp³-hybridized carbons (Fsp3) is 0. The fourth-order valence-corrected chi connectivity index (χ4v) is 1.09. The Hall–Kier alpha value is -0.980. The van der Waals surface area contributed by atoms with E-state index in [1.54, 1.807) is 23.3 Å². The van der Waals surface area contributed by atoms with Gasteiger partial charge in [0.25, 0.3) is 0 Å². The van der Waals surface area contributed by atoms with Crippen LogP contribution < -0.4 is 0 Å². The van der Waals surface area contributed by atoms with E-state index in [0.29, 0.717) is 5.95 Å². The van der Waals surface area contributed by atoms with Crippen LogP contribution in [0, 0.1) is 3.57 Å². The zero-order chi connectivity index (χ0) is 8.39. The van der Waals surface area contributed by atoms with E-state index in [9.17, 15) is 0 Å². The van der Waals surface area contributed by atoms with Crippen molar-refractivity contribution in [3.63, 3.8) is 0 Å². The Kier molecular flexibility index (Phi) is 2.03. The molecule has 0 atom stereocenters. The number of nitrogens with zero attached hydrogens (tertiary/aromatic N) is 4. The molecule has 2 heterocycles. The molecule has 0 spiro atoms. The predicted octanol–water partition coefficient (Wildman–Crippen LogP) is 1.27. The zero-order valence-electron chi connectivity index (χ0n) is 6.05. The van der Waals surface area contributed by atoms with E-state index >= 15 is 0 Å². The van der Waals surface area contributed by atoms with Gasteiger partial charge in [-0.15, -0.1) is 0 Å². The number of hydrogen-bond donors (Lipinski definition) is 0. The van der Waals surface area contributed by atoms with Gasteiger partial charge in [0.05, 0.1) is 0 Å². The van der Waals surface area contributed by atoms with E-state index < -0.39 is 0 Å². The molecule has 12 heavy (non-hydrogen) atoms. The lowest BCUT2D eigenvalue weighted by molar-refractivity contribution is 0.806. The molecule has 0 aliphatic heterocycles. The Bertz CT molecular complexity index is 353. The van der Waals surface area contributed by atoms with Crippen molar-refractivity contribution < 1.29 is 0 Å². The van der Waals surface area contributed by atoms with E-state index in [2.05, 4.69) is 37.7 Å². The molecule has 0 unspecified atom stereocenters. The standard InChI is InChI=1S/C7H5IN4/c8-6-4-9-7(10-5-6)12-3-1-2-11-12/h1-5H. The SMILES string of the molecule is Ic1cnc(-n2cccn2)nc1. The molecule has 60 valence electrons. The summed E-state index contributed by atoms with van der Waals surface area (Å²) in [6.45, 7) is 0. The molecule has 0 fully saturated rings. The summed E-state index contributed by atoms with van der Waals surface area (Å²) in [6, 6.07) is 1.83. The average Bonchev–Trinajstić information content (AvgIpc) is 2.58. The van der Waals surface area contributed by atoms with Crippen molar-refractivity contribution in [2.75, 3.05) is 0 Å². The molecule has 5 heteroatoms. The first kappa shape index (κ1) is 7.66. The Morgan fingerprint density at radius 1 is 1.25 bits per heavy atom. The molecule has 2 aromatic heterocycles. The first-order valence-electron chi connectivity index (χ1n) is 3.34. The van der Waals surface area contributed by atoms with Gasteiger partial charge in [-0.2, -0.15) is 5.10 Å². The van der Waals surface area contributed by atoms with Crippen molar-refractivity contribution in [2.45, 2.75) is 0 Å². The highest BCUT2D eigenvalue weighted by Gasteiger charge is 1.97. The van der Waals surface area contributed by atoms with Gasteiger partial charge in [0.15, 0.2) is 0 Å². The van der Waals surface area contributed by atoms with E-state index in [1.165, 1.54) is 0 Å². The Morgan fingerprint density at radius 3 is 2.58 bits per heavy atom. The van der Waals surface area contributed by atoms with Crippen LogP contribution in [0.4, 0.5) is 0 Å². The molecular formula is C7H5IN4. The second kappa shape index (κ2) is 3.18. The number of aromatic nitrogens is 4. The lowest BCUT2D eigenvalue weighted by Gasteiger charge is -1.96. The maximum atomic E-state index is 4.10. The maximum absolute atomic E-state index is 4.10. The van der Waals surface area contributed by atoms with Crippen molar-refractivity contribution in [3.8, 4) is 5.95 Å². The van der Waals surface area contributed by atoms with Crippen LogP contribution in [0.3, 0.4) is 0 Å². The highest BCUT2D eigenvalue weighted by Crippen LogP contribution is 2.01. The minimum absolute atomic E-state index is 0.598. The monoisotopic (exact) mass is 272 g/mol. The summed E-state index contributed by atoms with van der Waals surface area (Å²) >= 11 is 2.16. The maximum Gasteiger partial charge on any atom is 0.250 e. The molecule has 0 aliphatic carbocycles. The van der Waals surface area contributed by atoms with Crippen LogP contribution in [-0.2, 0) is 0 Å². The molecule has 0 N–H and O–H groups in total. The van der Waals surface area contributed by atoms with E-state index in [4.69, 9.17) is 0 Å². The lowest BCUT2D eigenvalue weighted by Crippen LogP contribution is -2.00. The van der Waals surface area contributed by atoms with Gasteiger partial charge in [0.1, 0.15) is 0 Å². The Balaban J connectivity index is 2.43. The molecule has 0 saturated carbocycles. The van der Waals surface area contributed by atoms with Crippen molar-refractivity contribution in [2.24, 2.45) is 0 Å². The topological polar surface area (TPSA) is 43.6 Å². The van der Waals surface area contributed by atoms with Crippen molar-refractivity contribution in [3.05, 3.63) is 34.4 Å². The molecule has 4 nitrogen and oxygen atoms in total. The van der Waals surface area contributed by atoms with Gasteiger partial charge < -0.3 is 0 Å². The van der Waals surface area contributed by atoms with Crippen molar-refractivity contribution in [1.82, 2.24) is 19.7 Å². The minimum atomic E-state index is 0.598. The predicted molar refractivity (Wildman–Crippen MR) is 51.9 cm³/mol. The van der Waals surface area contributed by atoms with E-state index in [-0.39, 0.29) is 0 Å². The summed E-state index contributed by atoms with van der Waals surface area (Å²) in [5, 5.41) is 4.01. The molecule has 2 aromatic rings. The van der Waals surface area contributed by atoms with Gasteiger partial charge in [0.2, 0.25) is 5.95 Å². The number of halogens is 1. The van der Waals surface area contributed by atoms with Crippen LogP contribution in [0.1, 0.15) is 0 Å². The van der Waals surface area contributed by atoms with Crippen molar-refractivity contribution in [1.29, 1.82) is 0 Å². The zero-order valence-corrected chi connectivity index (χ0v) is 8.21. The second-order valence-electron chi connectivity index (χ2n) is 2.15. The highest BCUT2D eigenvalue weighted by atomic mass is 127. The molecule has 0 aromatic carbocycles. The largest absolute Gasteiger partial charge is 0.250 e. The molecular weight excluding hydrogens is 267 g/mol. The van der Waals surface area contributed by atoms with Gasteiger partial charge in [-0.25, -0.2) is 14.6 Å². The third-order valence-electron chi connectivity index (χ3n) is 1.32. The van der Waals surface area contributed by atoms with Gasteiger partial charge >= 0.3 is 0 Å². The van der Waals surface area contributed by atoms with Crippen molar-refractivity contribution >= 4 is 22.6 Å². The van der Waals surface area contributed by atoms with Crippen LogP contribution >= 0.6 is 22.6 Å². The Labute approximate surface area is 82.8 Å². The van der Waals surface area contributed by atoms with E-state index in [1.807, 2.05) is 12.3 Å². The van der Waals surface area contributed by atoms with Crippen LogP contribution in [0.2, 0.25) is 0 Å². The third-order valence-corrected chi connectivity index (χ3v) is 1.87. The number of rotatable bonds is 1. The third kappa shape index (κ3) is 1.45. The first-order chi connectivity index (χ1) is 5.86. The quantitative estimate of drug-likeness (QED) is 0.734. The molecule has 0 aliphatic rings.